The number of likely N-dealkylation sites (tertiary alicyclic amines) is 1. The van der Waals surface area contributed by atoms with E-state index in [1.54, 1.807) is 41.7 Å². The molecule has 8 nitrogen and oxygen atoms in total. The number of carbonyl (C=O) groups excluding carboxylic acids is 3. The third-order valence-corrected chi connectivity index (χ3v) is 10.2. The molecule has 3 unspecified atom stereocenters. The smallest absolute Gasteiger partial charge is 0.251 e. The van der Waals surface area contributed by atoms with Crippen LogP contribution in [0.5, 0.6) is 0 Å². The van der Waals surface area contributed by atoms with Gasteiger partial charge in [-0.1, -0.05) is 50.2 Å². The Kier molecular flexibility index (Phi) is 7.70. The number of carbonyl (C=O) groups is 3. The number of rotatable bonds is 8. The van der Waals surface area contributed by atoms with Crippen LogP contribution in [0.25, 0.3) is 10.4 Å². The fourth-order valence-corrected chi connectivity index (χ4v) is 7.99. The Morgan fingerprint density at radius 1 is 1.05 bits per heavy atom. The Bertz CT molecular complexity index is 1450. The van der Waals surface area contributed by atoms with Crippen molar-refractivity contribution in [3.05, 3.63) is 77.7 Å². The first-order chi connectivity index (χ1) is 18.7. The first-order valence-electron chi connectivity index (χ1n) is 13.0. The zero-order valence-electron chi connectivity index (χ0n) is 21.7. The van der Waals surface area contributed by atoms with Gasteiger partial charge in [-0.15, -0.1) is 11.3 Å². The van der Waals surface area contributed by atoms with E-state index in [0.29, 0.717) is 12.0 Å². The van der Waals surface area contributed by atoms with Gasteiger partial charge in [-0.2, -0.15) is 0 Å². The zero-order valence-corrected chi connectivity index (χ0v) is 23.4. The van der Waals surface area contributed by atoms with Crippen LogP contribution in [0.3, 0.4) is 0 Å². The van der Waals surface area contributed by atoms with Gasteiger partial charge in [0.15, 0.2) is 15.6 Å². The lowest BCUT2D eigenvalue weighted by atomic mass is 10.0. The van der Waals surface area contributed by atoms with E-state index in [9.17, 15) is 22.8 Å². The van der Waals surface area contributed by atoms with Crippen molar-refractivity contribution in [2.45, 2.75) is 55.1 Å². The summed E-state index contributed by atoms with van der Waals surface area (Å²) >= 11 is 1.60. The Labute approximate surface area is 232 Å². The van der Waals surface area contributed by atoms with Crippen LogP contribution in [0.15, 0.2) is 77.0 Å². The number of hydrogen-bond acceptors (Lipinski definition) is 7. The number of benzene rings is 2. The molecule has 0 radical (unpaired) electrons. The number of ketones is 1. The fraction of sp³-hybridized carbons (Fsp3) is 0.345. The standard InChI is InChI=1S/C29H31N3O5S2/c1-18(2)15-23(31-28(34)20-12-10-19(11-13-20)25-9-6-14-38-25)29(35)32-26(16-22-27(32)24(33)17-30-22)39(36,37)21-7-4-3-5-8-21/h3-14,18,22-23,26-27,30H,15-17H2,1-2H3,(H,31,34)/t22?,23-,26?,27?/m0/s1. The highest BCUT2D eigenvalue weighted by Gasteiger charge is 2.55. The minimum atomic E-state index is -3.97. The molecule has 0 saturated carbocycles. The lowest BCUT2D eigenvalue weighted by Gasteiger charge is -2.32. The Balaban J connectivity index is 1.43. The minimum absolute atomic E-state index is 0.0282. The van der Waals surface area contributed by atoms with Crippen molar-refractivity contribution >= 4 is 38.8 Å². The average Bonchev–Trinajstić information content (AvgIpc) is 3.67. The van der Waals surface area contributed by atoms with Gasteiger partial charge in [0.2, 0.25) is 5.91 Å². The molecule has 2 saturated heterocycles. The predicted octanol–water partition coefficient (Wildman–Crippen LogP) is 3.50. The highest BCUT2D eigenvalue weighted by molar-refractivity contribution is 7.92. The highest BCUT2D eigenvalue weighted by Crippen LogP contribution is 2.35. The molecule has 1 aromatic heterocycles. The maximum Gasteiger partial charge on any atom is 0.251 e. The number of nitrogens with zero attached hydrogens (tertiary/aromatic N) is 1. The molecule has 2 N–H and O–H groups in total. The van der Waals surface area contributed by atoms with Crippen molar-refractivity contribution in [3.63, 3.8) is 0 Å². The van der Waals surface area contributed by atoms with Crippen molar-refractivity contribution < 1.29 is 22.8 Å². The summed E-state index contributed by atoms with van der Waals surface area (Å²) < 4.78 is 27.4. The third kappa shape index (κ3) is 5.41. The van der Waals surface area contributed by atoms with Crippen LogP contribution < -0.4 is 10.6 Å². The molecule has 0 spiro atoms. The summed E-state index contributed by atoms with van der Waals surface area (Å²) in [7, 11) is -3.97. The van der Waals surface area contributed by atoms with Gasteiger partial charge in [-0.3, -0.25) is 14.4 Å². The largest absolute Gasteiger partial charge is 0.340 e. The fourth-order valence-electron chi connectivity index (χ4n) is 5.41. The molecule has 204 valence electrons. The first kappa shape index (κ1) is 27.2. The molecule has 2 aromatic carbocycles. The van der Waals surface area contributed by atoms with Crippen molar-refractivity contribution in [2.24, 2.45) is 5.92 Å². The van der Waals surface area contributed by atoms with Crippen molar-refractivity contribution in [1.29, 1.82) is 0 Å². The number of fused-ring (bicyclic) bond motifs is 1. The Morgan fingerprint density at radius 2 is 1.77 bits per heavy atom. The Morgan fingerprint density at radius 3 is 2.41 bits per heavy atom. The second-order valence-electron chi connectivity index (χ2n) is 10.4. The molecule has 2 aliphatic rings. The van der Waals surface area contributed by atoms with Crippen LogP contribution in [0.1, 0.15) is 37.0 Å². The quantitative estimate of drug-likeness (QED) is 0.432. The van der Waals surface area contributed by atoms with E-state index < -0.39 is 45.2 Å². The van der Waals surface area contributed by atoms with Crippen LogP contribution in [-0.2, 0) is 19.4 Å². The van der Waals surface area contributed by atoms with Crippen LogP contribution in [0, 0.1) is 5.92 Å². The molecule has 4 atom stereocenters. The molecular weight excluding hydrogens is 534 g/mol. The topological polar surface area (TPSA) is 113 Å². The van der Waals surface area contributed by atoms with Gasteiger partial charge in [0.25, 0.3) is 5.91 Å². The Hall–Kier alpha value is -3.34. The second-order valence-corrected chi connectivity index (χ2v) is 13.5. The third-order valence-electron chi connectivity index (χ3n) is 7.26. The molecule has 39 heavy (non-hydrogen) atoms. The van der Waals surface area contributed by atoms with Crippen molar-refractivity contribution in [3.8, 4) is 10.4 Å². The van der Waals surface area contributed by atoms with E-state index in [0.717, 1.165) is 10.4 Å². The number of amides is 2. The van der Waals surface area contributed by atoms with Gasteiger partial charge in [0.05, 0.1) is 11.4 Å². The molecule has 2 fully saturated rings. The second kappa shape index (κ2) is 11.0. The lowest BCUT2D eigenvalue weighted by molar-refractivity contribution is -0.139. The minimum Gasteiger partial charge on any atom is -0.340 e. The summed E-state index contributed by atoms with van der Waals surface area (Å²) in [6.45, 7) is 3.93. The van der Waals surface area contributed by atoms with Crippen molar-refractivity contribution in [1.82, 2.24) is 15.5 Å². The van der Waals surface area contributed by atoms with Gasteiger partial charge in [0, 0.05) is 22.9 Å². The van der Waals surface area contributed by atoms with Gasteiger partial charge in [-0.25, -0.2) is 8.42 Å². The van der Waals surface area contributed by atoms with E-state index in [-0.39, 0.29) is 29.6 Å². The molecule has 0 bridgehead atoms. The summed E-state index contributed by atoms with van der Waals surface area (Å²) in [5.74, 6) is -1.18. The predicted molar refractivity (Wildman–Crippen MR) is 150 cm³/mol. The average molecular weight is 566 g/mol. The molecule has 5 rings (SSSR count). The number of sulfone groups is 1. The van der Waals surface area contributed by atoms with E-state index in [1.165, 1.54) is 17.0 Å². The van der Waals surface area contributed by atoms with Gasteiger partial charge < -0.3 is 15.5 Å². The van der Waals surface area contributed by atoms with Crippen molar-refractivity contribution in [2.75, 3.05) is 6.54 Å². The summed E-state index contributed by atoms with van der Waals surface area (Å²) in [5, 5.41) is 6.69. The zero-order chi connectivity index (χ0) is 27.7. The number of nitrogens with one attached hydrogen (secondary N) is 2. The maximum absolute atomic E-state index is 14.1. The van der Waals surface area contributed by atoms with Crippen LogP contribution in [0.4, 0.5) is 0 Å². The first-order valence-corrected chi connectivity index (χ1v) is 15.4. The normalized spacial score (nSPS) is 21.7. The molecule has 10 heteroatoms. The molecule has 2 amide bonds. The van der Waals surface area contributed by atoms with E-state index in [4.69, 9.17) is 0 Å². The SMILES string of the molecule is CC(C)C[C@H](NC(=O)c1ccc(-c2cccs2)cc1)C(=O)N1C2C(=O)CNC2CC1S(=O)(=O)c1ccccc1. The van der Waals surface area contributed by atoms with E-state index in [2.05, 4.69) is 10.6 Å². The molecule has 3 aromatic rings. The molecule has 2 aliphatic heterocycles. The summed E-state index contributed by atoms with van der Waals surface area (Å²) in [6, 6.07) is 16.7. The van der Waals surface area contributed by atoms with Gasteiger partial charge in [-0.05, 0) is 53.6 Å². The summed E-state index contributed by atoms with van der Waals surface area (Å²) in [6.07, 6.45) is 0.400. The van der Waals surface area contributed by atoms with E-state index >= 15 is 0 Å². The van der Waals surface area contributed by atoms with Crippen LogP contribution >= 0.6 is 11.3 Å². The molecular formula is C29H31N3O5S2. The number of Topliss-reactive ketones (excluding diaryl/α,β-unsaturated/α-hetero) is 1. The monoisotopic (exact) mass is 565 g/mol. The van der Waals surface area contributed by atoms with Crippen LogP contribution in [0.2, 0.25) is 0 Å². The number of hydrogen-bond donors (Lipinski definition) is 2. The van der Waals surface area contributed by atoms with Gasteiger partial charge >= 0.3 is 0 Å². The highest BCUT2D eigenvalue weighted by atomic mass is 32.2. The molecule has 3 heterocycles. The van der Waals surface area contributed by atoms with Gasteiger partial charge in [0.1, 0.15) is 17.5 Å². The van der Waals surface area contributed by atoms with Crippen LogP contribution in [-0.4, -0.2) is 61.0 Å². The summed E-state index contributed by atoms with van der Waals surface area (Å²) in [5.41, 5.74) is 1.38. The van der Waals surface area contributed by atoms with E-state index in [1.807, 2.05) is 43.5 Å². The summed E-state index contributed by atoms with van der Waals surface area (Å²) in [4.78, 5) is 42.6. The molecule has 0 aliphatic carbocycles. The maximum atomic E-state index is 14.1. The number of thiophene rings is 1. The lowest BCUT2D eigenvalue weighted by Crippen LogP contribution is -2.56.